The zero-order valence-electron chi connectivity index (χ0n) is 16.2. The zero-order valence-corrected chi connectivity index (χ0v) is 17.0. The number of nitrogens with zero attached hydrogens (tertiary/aromatic N) is 2. The van der Waals surface area contributed by atoms with Gasteiger partial charge < -0.3 is 15.6 Å². The summed E-state index contributed by atoms with van der Waals surface area (Å²) in [7, 11) is 0. The first-order valence-electron chi connectivity index (χ1n) is 10.1. The summed E-state index contributed by atoms with van der Waals surface area (Å²) in [6, 6.07) is 13.8. The molecule has 1 fully saturated rings. The fourth-order valence-corrected chi connectivity index (χ4v) is 4.13. The Morgan fingerprint density at radius 2 is 1.90 bits per heavy atom. The Bertz CT molecular complexity index is 1030. The van der Waals surface area contributed by atoms with Crippen LogP contribution >= 0.6 is 12.2 Å². The van der Waals surface area contributed by atoms with Gasteiger partial charge in [-0.2, -0.15) is 0 Å². The van der Waals surface area contributed by atoms with Gasteiger partial charge in [-0.1, -0.05) is 18.2 Å². The predicted octanol–water partition coefficient (Wildman–Crippen LogP) is 4.22. The van der Waals surface area contributed by atoms with E-state index in [9.17, 15) is 4.79 Å². The molecule has 0 radical (unpaired) electrons. The third kappa shape index (κ3) is 4.98. The lowest BCUT2D eigenvalue weighted by Crippen LogP contribution is -2.34. The van der Waals surface area contributed by atoms with Crippen LogP contribution in [-0.2, 0) is 11.3 Å². The fourth-order valence-electron chi connectivity index (χ4n) is 3.93. The molecule has 0 bridgehead atoms. The molecular formula is C22H25N5OS. The Hall–Kier alpha value is -2.80. The van der Waals surface area contributed by atoms with E-state index in [0.29, 0.717) is 17.2 Å². The molecular weight excluding hydrogens is 382 g/mol. The van der Waals surface area contributed by atoms with Crippen LogP contribution in [0.3, 0.4) is 0 Å². The molecule has 1 aliphatic carbocycles. The maximum Gasteiger partial charge on any atom is 0.223 e. The molecule has 1 amide bonds. The summed E-state index contributed by atoms with van der Waals surface area (Å²) >= 11 is 5.25. The van der Waals surface area contributed by atoms with Crippen LogP contribution in [0.5, 0.6) is 0 Å². The molecule has 0 spiro atoms. The second kappa shape index (κ2) is 9.13. The van der Waals surface area contributed by atoms with Crippen LogP contribution in [0.1, 0.15) is 31.4 Å². The van der Waals surface area contributed by atoms with Gasteiger partial charge in [0.1, 0.15) is 5.82 Å². The topological polar surface area (TPSA) is 82.7 Å². The molecule has 1 saturated carbocycles. The highest BCUT2D eigenvalue weighted by atomic mass is 32.1. The van der Waals surface area contributed by atoms with Crippen LogP contribution in [0.2, 0.25) is 0 Å². The number of carbonyl (C=O) groups excluding carboxylic acids is 1. The van der Waals surface area contributed by atoms with E-state index in [-0.39, 0.29) is 11.8 Å². The van der Waals surface area contributed by atoms with Crippen molar-refractivity contribution in [2.24, 2.45) is 11.8 Å². The molecule has 0 atom stereocenters. The molecule has 3 aromatic rings. The fraction of sp³-hybridized carbons (Fsp3) is 0.364. The molecule has 29 heavy (non-hydrogen) atoms. The Labute approximate surface area is 175 Å². The SMILES string of the molecule is O=C(NCc1ccccn1)C1CCC(CNc2nc(=S)[nH]c3ccccc23)CC1. The first kappa shape index (κ1) is 19.5. The molecule has 7 heteroatoms. The van der Waals surface area contributed by atoms with Crippen molar-refractivity contribution in [2.75, 3.05) is 11.9 Å². The van der Waals surface area contributed by atoms with Crippen molar-refractivity contribution >= 4 is 34.8 Å². The van der Waals surface area contributed by atoms with Gasteiger partial charge in [-0.15, -0.1) is 0 Å². The van der Waals surface area contributed by atoms with E-state index < -0.39 is 0 Å². The first-order valence-corrected chi connectivity index (χ1v) is 10.5. The molecule has 150 valence electrons. The van der Waals surface area contributed by atoms with E-state index in [1.165, 1.54) is 0 Å². The van der Waals surface area contributed by atoms with Crippen molar-refractivity contribution in [3.63, 3.8) is 0 Å². The number of anilines is 1. The van der Waals surface area contributed by atoms with Crippen molar-refractivity contribution < 1.29 is 4.79 Å². The summed E-state index contributed by atoms with van der Waals surface area (Å²) < 4.78 is 0.486. The molecule has 6 nitrogen and oxygen atoms in total. The smallest absolute Gasteiger partial charge is 0.223 e. The van der Waals surface area contributed by atoms with Crippen LogP contribution in [0.25, 0.3) is 10.9 Å². The van der Waals surface area contributed by atoms with Crippen molar-refractivity contribution in [2.45, 2.75) is 32.2 Å². The Morgan fingerprint density at radius 1 is 1.10 bits per heavy atom. The number of para-hydroxylation sites is 1. The van der Waals surface area contributed by atoms with Crippen LogP contribution < -0.4 is 10.6 Å². The number of aromatic nitrogens is 3. The highest BCUT2D eigenvalue weighted by Crippen LogP contribution is 2.29. The molecule has 4 rings (SSSR count). The summed E-state index contributed by atoms with van der Waals surface area (Å²) in [6.45, 7) is 1.34. The maximum atomic E-state index is 12.5. The number of fused-ring (bicyclic) bond motifs is 1. The summed E-state index contributed by atoms with van der Waals surface area (Å²) in [6.07, 6.45) is 5.66. The van der Waals surface area contributed by atoms with Gasteiger partial charge in [0.15, 0.2) is 4.77 Å². The van der Waals surface area contributed by atoms with Gasteiger partial charge in [0.05, 0.1) is 17.8 Å². The lowest BCUT2D eigenvalue weighted by atomic mass is 9.81. The number of hydrogen-bond donors (Lipinski definition) is 3. The Balaban J connectivity index is 1.27. The lowest BCUT2D eigenvalue weighted by molar-refractivity contribution is -0.126. The highest BCUT2D eigenvalue weighted by Gasteiger charge is 2.26. The third-order valence-electron chi connectivity index (χ3n) is 5.58. The molecule has 3 N–H and O–H groups in total. The normalized spacial score (nSPS) is 19.0. The van der Waals surface area contributed by atoms with Crippen LogP contribution in [-0.4, -0.2) is 27.4 Å². The molecule has 1 aliphatic rings. The molecule has 1 aromatic carbocycles. The van der Waals surface area contributed by atoms with Crippen LogP contribution in [0.4, 0.5) is 5.82 Å². The van der Waals surface area contributed by atoms with E-state index in [2.05, 4.69) is 25.6 Å². The minimum absolute atomic E-state index is 0.0967. The van der Waals surface area contributed by atoms with Crippen LogP contribution in [0, 0.1) is 16.6 Å². The summed E-state index contributed by atoms with van der Waals surface area (Å²) in [5, 5.41) is 7.55. The van der Waals surface area contributed by atoms with Gasteiger partial charge >= 0.3 is 0 Å². The van der Waals surface area contributed by atoms with Crippen molar-refractivity contribution in [1.29, 1.82) is 0 Å². The van der Waals surface area contributed by atoms with E-state index in [1.807, 2.05) is 42.5 Å². The third-order valence-corrected chi connectivity index (χ3v) is 5.78. The molecule has 0 aliphatic heterocycles. The van der Waals surface area contributed by atoms with E-state index in [1.54, 1.807) is 6.20 Å². The Kier molecular flexibility index (Phi) is 6.14. The molecule has 2 heterocycles. The second-order valence-corrected chi connectivity index (χ2v) is 7.96. The number of H-pyrrole nitrogens is 1. The minimum atomic E-state index is 0.0967. The lowest BCUT2D eigenvalue weighted by Gasteiger charge is -2.28. The number of pyridine rings is 1. The number of rotatable bonds is 6. The summed E-state index contributed by atoms with van der Waals surface area (Å²) in [5.41, 5.74) is 1.88. The second-order valence-electron chi connectivity index (χ2n) is 7.57. The monoisotopic (exact) mass is 407 g/mol. The highest BCUT2D eigenvalue weighted by molar-refractivity contribution is 7.71. The maximum absolute atomic E-state index is 12.5. The van der Waals surface area contributed by atoms with Gasteiger partial charge in [0.25, 0.3) is 0 Å². The zero-order chi connectivity index (χ0) is 20.1. The summed E-state index contributed by atoms with van der Waals surface area (Å²) in [4.78, 5) is 24.3. The number of carbonyl (C=O) groups is 1. The number of aromatic amines is 1. The van der Waals surface area contributed by atoms with Crippen molar-refractivity contribution in [1.82, 2.24) is 20.3 Å². The largest absolute Gasteiger partial charge is 0.369 e. The predicted molar refractivity (Wildman–Crippen MR) is 117 cm³/mol. The van der Waals surface area contributed by atoms with Gasteiger partial charge in [0.2, 0.25) is 5.91 Å². The van der Waals surface area contributed by atoms with Gasteiger partial charge in [-0.3, -0.25) is 9.78 Å². The average molecular weight is 408 g/mol. The number of nitrogens with one attached hydrogen (secondary N) is 3. The van der Waals surface area contributed by atoms with E-state index >= 15 is 0 Å². The quantitative estimate of drug-likeness (QED) is 0.533. The minimum Gasteiger partial charge on any atom is -0.369 e. The average Bonchev–Trinajstić information content (AvgIpc) is 2.77. The van der Waals surface area contributed by atoms with Crippen molar-refractivity contribution in [3.05, 3.63) is 59.1 Å². The van der Waals surface area contributed by atoms with Crippen LogP contribution in [0.15, 0.2) is 48.7 Å². The number of benzene rings is 1. The van der Waals surface area contributed by atoms with Gasteiger partial charge in [-0.25, -0.2) is 4.98 Å². The van der Waals surface area contributed by atoms with E-state index in [0.717, 1.165) is 54.6 Å². The number of amides is 1. The number of hydrogen-bond acceptors (Lipinski definition) is 5. The van der Waals surface area contributed by atoms with Gasteiger partial charge in [0, 0.05) is 24.0 Å². The molecule has 2 aromatic heterocycles. The Morgan fingerprint density at radius 3 is 2.69 bits per heavy atom. The molecule has 0 saturated heterocycles. The van der Waals surface area contributed by atoms with E-state index in [4.69, 9.17) is 12.2 Å². The standard InChI is InChI=1S/C22H25N5OS/c28-21(25-14-17-5-3-4-12-23-17)16-10-8-15(9-11-16)13-24-20-18-6-1-2-7-19(18)26-22(29)27-20/h1-7,12,15-16H,8-11,13-14H2,(H,25,28)(H2,24,26,27,29). The van der Waals surface area contributed by atoms with Crippen molar-refractivity contribution in [3.8, 4) is 0 Å². The first-order chi connectivity index (χ1) is 14.2. The summed E-state index contributed by atoms with van der Waals surface area (Å²) in [5.74, 6) is 1.61. The van der Waals surface area contributed by atoms with Gasteiger partial charge in [-0.05, 0) is 68.1 Å². The molecule has 0 unspecified atom stereocenters.